The number of hydrogen-bond acceptors (Lipinski definition) is 7. The van der Waals surface area contributed by atoms with Crippen molar-refractivity contribution in [1.82, 2.24) is 19.8 Å². The van der Waals surface area contributed by atoms with Gasteiger partial charge in [0.05, 0.1) is 18.9 Å². The number of carboxylic acid groups (broad SMARTS) is 1. The van der Waals surface area contributed by atoms with E-state index in [9.17, 15) is 9.90 Å². The van der Waals surface area contributed by atoms with E-state index >= 15 is 0 Å². The Labute approximate surface area is 214 Å². The molecule has 2 bridgehead atoms. The second kappa shape index (κ2) is 8.69. The van der Waals surface area contributed by atoms with Crippen molar-refractivity contribution in [3.05, 3.63) is 65.2 Å². The number of piperidine rings is 1. The molecule has 37 heavy (non-hydrogen) atoms. The molecule has 1 saturated carbocycles. The number of rotatable bonds is 7. The van der Waals surface area contributed by atoms with Gasteiger partial charge in [0.25, 0.3) is 0 Å². The van der Waals surface area contributed by atoms with Gasteiger partial charge in [-0.2, -0.15) is 0 Å². The summed E-state index contributed by atoms with van der Waals surface area (Å²) in [6.45, 7) is 2.61. The molecule has 1 aliphatic carbocycles. The normalized spacial score (nSPS) is 23.2. The number of ether oxygens (including phenoxy) is 1. The van der Waals surface area contributed by atoms with Crippen LogP contribution in [0.3, 0.4) is 0 Å². The van der Waals surface area contributed by atoms with Gasteiger partial charge in [-0.1, -0.05) is 29.4 Å². The quantitative estimate of drug-likeness (QED) is 0.379. The third-order valence-corrected chi connectivity index (χ3v) is 8.15. The molecular weight excluding hydrogens is 470 g/mol. The van der Waals surface area contributed by atoms with Crippen LogP contribution in [0.15, 0.2) is 47.1 Å². The van der Waals surface area contributed by atoms with Gasteiger partial charge >= 0.3 is 5.97 Å². The molecule has 9 nitrogen and oxygen atoms in total. The van der Waals surface area contributed by atoms with Gasteiger partial charge in [-0.3, -0.25) is 0 Å². The van der Waals surface area contributed by atoms with Crippen LogP contribution in [0.5, 0.6) is 0 Å². The molecule has 0 amide bonds. The number of hydrogen-bond donors (Lipinski definition) is 1. The van der Waals surface area contributed by atoms with Gasteiger partial charge < -0.3 is 19.3 Å². The van der Waals surface area contributed by atoms with Gasteiger partial charge in [-0.05, 0) is 63.1 Å². The standard InChI is InChI=1S/C28H29N5O4/c1-16-4-2-3-5-21(16)26-22(27(37-31-26)17-6-7-17)15-36-20-12-18-8-9-19(13-20)32(18)25-11-10-24-29-14-23(28(34)35)33(24)30-25/h2-5,10-11,14,17-20H,6-9,12-13,15H2,1H3,(H,34,35)/t18-,19?,20?/m0/s1. The molecule has 3 aromatic heterocycles. The van der Waals surface area contributed by atoms with E-state index < -0.39 is 5.97 Å². The van der Waals surface area contributed by atoms with Crippen LogP contribution < -0.4 is 4.90 Å². The highest BCUT2D eigenvalue weighted by Gasteiger charge is 2.42. The third-order valence-electron chi connectivity index (χ3n) is 8.15. The lowest BCUT2D eigenvalue weighted by Crippen LogP contribution is -2.46. The van der Waals surface area contributed by atoms with E-state index in [4.69, 9.17) is 9.26 Å². The van der Waals surface area contributed by atoms with Gasteiger partial charge in [0, 0.05) is 29.1 Å². The Bertz CT molecular complexity index is 1480. The van der Waals surface area contributed by atoms with Crippen LogP contribution in [-0.4, -0.2) is 49.0 Å². The van der Waals surface area contributed by atoms with E-state index in [-0.39, 0.29) is 11.8 Å². The summed E-state index contributed by atoms with van der Waals surface area (Å²) in [6.07, 6.45) is 7.78. The van der Waals surface area contributed by atoms with Crippen molar-refractivity contribution in [3.63, 3.8) is 0 Å². The average Bonchev–Trinajstić information content (AvgIpc) is 3.41. The van der Waals surface area contributed by atoms with Crippen molar-refractivity contribution in [2.24, 2.45) is 0 Å². The molecule has 1 aromatic carbocycles. The number of aromatic nitrogens is 4. The Morgan fingerprint density at radius 3 is 2.62 bits per heavy atom. The first kappa shape index (κ1) is 22.5. The molecule has 4 aromatic rings. The zero-order valence-corrected chi connectivity index (χ0v) is 20.7. The number of aryl methyl sites for hydroxylation is 1. The molecule has 0 radical (unpaired) electrons. The van der Waals surface area contributed by atoms with Crippen LogP contribution >= 0.6 is 0 Å². The second-order valence-corrected chi connectivity index (χ2v) is 10.6. The number of imidazole rings is 1. The summed E-state index contributed by atoms with van der Waals surface area (Å²) in [4.78, 5) is 18.1. The molecule has 190 valence electrons. The first-order chi connectivity index (χ1) is 18.1. The van der Waals surface area contributed by atoms with Crippen molar-refractivity contribution in [3.8, 4) is 11.3 Å². The topological polar surface area (TPSA) is 106 Å². The molecule has 3 fully saturated rings. The van der Waals surface area contributed by atoms with Crippen LogP contribution in [0, 0.1) is 6.92 Å². The summed E-state index contributed by atoms with van der Waals surface area (Å²) in [5.74, 6) is 1.22. The second-order valence-electron chi connectivity index (χ2n) is 10.6. The fourth-order valence-electron chi connectivity index (χ4n) is 6.16. The highest BCUT2D eigenvalue weighted by atomic mass is 16.5. The van der Waals surface area contributed by atoms with E-state index in [2.05, 4.69) is 39.2 Å². The van der Waals surface area contributed by atoms with Gasteiger partial charge in [0.1, 0.15) is 17.3 Å². The van der Waals surface area contributed by atoms with Crippen LogP contribution in [0.4, 0.5) is 5.82 Å². The van der Waals surface area contributed by atoms with E-state index in [0.717, 1.165) is 66.9 Å². The molecule has 3 atom stereocenters. The zero-order valence-electron chi connectivity index (χ0n) is 20.7. The summed E-state index contributed by atoms with van der Waals surface area (Å²) in [5, 5.41) is 18.6. The highest BCUT2D eigenvalue weighted by molar-refractivity contribution is 5.86. The molecule has 1 N–H and O–H groups in total. The highest BCUT2D eigenvalue weighted by Crippen LogP contribution is 2.45. The number of carbonyl (C=O) groups is 1. The molecule has 2 aliphatic heterocycles. The van der Waals surface area contributed by atoms with E-state index in [1.165, 1.54) is 16.3 Å². The van der Waals surface area contributed by atoms with Crippen molar-refractivity contribution in [2.75, 3.05) is 4.90 Å². The minimum atomic E-state index is -1.03. The van der Waals surface area contributed by atoms with Crippen molar-refractivity contribution in [1.29, 1.82) is 0 Å². The minimum absolute atomic E-state index is 0.0760. The summed E-state index contributed by atoms with van der Waals surface area (Å²) < 4.78 is 13.9. The summed E-state index contributed by atoms with van der Waals surface area (Å²) in [5.41, 5.74) is 4.91. The maximum Gasteiger partial charge on any atom is 0.356 e. The lowest BCUT2D eigenvalue weighted by atomic mass is 9.98. The number of aromatic carboxylic acids is 1. The summed E-state index contributed by atoms with van der Waals surface area (Å²) in [6, 6.07) is 12.7. The van der Waals surface area contributed by atoms with E-state index in [0.29, 0.717) is 30.3 Å². The van der Waals surface area contributed by atoms with Crippen LogP contribution in [0.1, 0.15) is 71.8 Å². The monoisotopic (exact) mass is 499 g/mol. The first-order valence-corrected chi connectivity index (χ1v) is 13.1. The number of carboxylic acids is 1. The van der Waals surface area contributed by atoms with Gasteiger partial charge in [0.2, 0.25) is 0 Å². The van der Waals surface area contributed by atoms with Crippen molar-refractivity contribution in [2.45, 2.75) is 76.2 Å². The van der Waals surface area contributed by atoms with E-state index in [1.54, 1.807) is 0 Å². The molecule has 5 heterocycles. The largest absolute Gasteiger partial charge is 0.476 e. The SMILES string of the molecule is Cc1ccccc1-c1noc(C2CC2)c1COC1CC2CC[C@@H](C1)N2c1ccc2ncc(C(=O)O)n2n1. The van der Waals surface area contributed by atoms with Crippen molar-refractivity contribution < 1.29 is 19.2 Å². The molecule has 0 spiro atoms. The molecule has 3 aliphatic rings. The number of nitrogens with zero attached hydrogens (tertiary/aromatic N) is 5. The Balaban J connectivity index is 1.10. The maximum atomic E-state index is 11.6. The fourth-order valence-corrected chi connectivity index (χ4v) is 6.16. The van der Waals surface area contributed by atoms with Crippen LogP contribution in [0.25, 0.3) is 16.9 Å². The number of benzene rings is 1. The summed E-state index contributed by atoms with van der Waals surface area (Å²) >= 11 is 0. The Hall–Kier alpha value is -3.72. The number of fused-ring (bicyclic) bond motifs is 3. The molecule has 2 saturated heterocycles. The Morgan fingerprint density at radius 1 is 1.11 bits per heavy atom. The predicted octanol–water partition coefficient (Wildman–Crippen LogP) is 4.98. The lowest BCUT2D eigenvalue weighted by Gasteiger charge is -2.39. The minimum Gasteiger partial charge on any atom is -0.476 e. The Morgan fingerprint density at radius 2 is 1.89 bits per heavy atom. The van der Waals surface area contributed by atoms with Crippen LogP contribution in [0.2, 0.25) is 0 Å². The summed E-state index contributed by atoms with van der Waals surface area (Å²) in [7, 11) is 0. The lowest BCUT2D eigenvalue weighted by molar-refractivity contribution is 0.0145. The smallest absolute Gasteiger partial charge is 0.356 e. The van der Waals surface area contributed by atoms with E-state index in [1.807, 2.05) is 24.3 Å². The molecule has 7 rings (SSSR count). The Kier molecular flexibility index (Phi) is 5.28. The van der Waals surface area contributed by atoms with Crippen LogP contribution in [-0.2, 0) is 11.3 Å². The number of anilines is 1. The molecular formula is C28H29N5O4. The van der Waals surface area contributed by atoms with Gasteiger partial charge in [-0.25, -0.2) is 14.3 Å². The van der Waals surface area contributed by atoms with Gasteiger partial charge in [-0.15, -0.1) is 5.10 Å². The van der Waals surface area contributed by atoms with Gasteiger partial charge in [0.15, 0.2) is 11.3 Å². The van der Waals surface area contributed by atoms with Crippen molar-refractivity contribution >= 4 is 17.4 Å². The fraction of sp³-hybridized carbons (Fsp3) is 0.429. The zero-order chi connectivity index (χ0) is 25.1. The molecule has 2 unspecified atom stereocenters. The predicted molar refractivity (Wildman–Crippen MR) is 136 cm³/mol. The molecule has 9 heteroatoms. The average molecular weight is 500 g/mol. The first-order valence-electron chi connectivity index (χ1n) is 13.1. The maximum absolute atomic E-state index is 11.6. The third kappa shape index (κ3) is 3.89.